The number of hydrogen-bond donors (Lipinski definition) is 1. The first-order valence-corrected chi connectivity index (χ1v) is 6.34. The monoisotopic (exact) mass is 268 g/mol. The van der Waals surface area contributed by atoms with Gasteiger partial charge in [-0.15, -0.1) is 0 Å². The highest BCUT2D eigenvalue weighted by Gasteiger charge is 2.14. The van der Waals surface area contributed by atoms with E-state index >= 15 is 0 Å². The lowest BCUT2D eigenvalue weighted by Gasteiger charge is -2.30. The predicted molar refractivity (Wildman–Crippen MR) is 68.1 cm³/mol. The fourth-order valence-electron chi connectivity index (χ4n) is 2.18. The molecule has 0 spiro atoms. The van der Waals surface area contributed by atoms with Gasteiger partial charge in [-0.25, -0.2) is 0 Å². The van der Waals surface area contributed by atoms with Gasteiger partial charge in [-0.05, 0) is 31.4 Å². The summed E-state index contributed by atoms with van der Waals surface area (Å²) < 4.78 is 1.13. The van der Waals surface area contributed by atoms with E-state index in [2.05, 4.69) is 39.0 Å². The van der Waals surface area contributed by atoms with Crippen LogP contribution in [0.2, 0.25) is 0 Å². The third-order valence-corrected chi connectivity index (χ3v) is 3.74. The van der Waals surface area contributed by atoms with E-state index in [0.29, 0.717) is 6.54 Å². The predicted octanol–water partition coefficient (Wildman–Crippen LogP) is 2.90. The Morgan fingerprint density at radius 3 is 2.60 bits per heavy atom. The summed E-state index contributed by atoms with van der Waals surface area (Å²) in [7, 11) is 0. The number of piperidine rings is 1. The number of hydrogen-bond acceptors (Lipinski definition) is 2. The highest BCUT2D eigenvalue weighted by Crippen LogP contribution is 2.29. The summed E-state index contributed by atoms with van der Waals surface area (Å²) in [5.41, 5.74) is 8.35. The molecule has 1 aromatic rings. The molecule has 2 nitrogen and oxygen atoms in total. The summed E-state index contributed by atoms with van der Waals surface area (Å²) in [6.07, 6.45) is 3.97. The van der Waals surface area contributed by atoms with E-state index in [4.69, 9.17) is 5.73 Å². The Morgan fingerprint density at radius 1 is 1.20 bits per heavy atom. The van der Waals surface area contributed by atoms with Crippen LogP contribution in [0.3, 0.4) is 0 Å². The van der Waals surface area contributed by atoms with E-state index in [0.717, 1.165) is 4.47 Å². The van der Waals surface area contributed by atoms with Crippen molar-refractivity contribution in [2.75, 3.05) is 18.0 Å². The van der Waals surface area contributed by atoms with Crippen molar-refractivity contribution in [1.29, 1.82) is 0 Å². The molecule has 0 amide bonds. The Morgan fingerprint density at radius 2 is 1.93 bits per heavy atom. The van der Waals surface area contributed by atoms with Crippen molar-refractivity contribution in [3.63, 3.8) is 0 Å². The molecule has 0 aromatic heterocycles. The molecule has 82 valence electrons. The maximum atomic E-state index is 5.80. The first-order valence-electron chi connectivity index (χ1n) is 5.55. The average Bonchev–Trinajstić information content (AvgIpc) is 2.30. The van der Waals surface area contributed by atoms with E-state index in [-0.39, 0.29) is 0 Å². The Balaban J connectivity index is 2.29. The van der Waals surface area contributed by atoms with Crippen molar-refractivity contribution in [1.82, 2.24) is 0 Å². The quantitative estimate of drug-likeness (QED) is 0.894. The Hall–Kier alpha value is -0.540. The van der Waals surface area contributed by atoms with Gasteiger partial charge in [0, 0.05) is 35.4 Å². The maximum Gasteiger partial charge on any atom is 0.0423 e. The summed E-state index contributed by atoms with van der Waals surface area (Å²) in [6, 6.07) is 6.33. The number of nitrogens with two attached hydrogens (primary N) is 1. The summed E-state index contributed by atoms with van der Waals surface area (Å²) in [6.45, 7) is 2.94. The molecule has 3 heteroatoms. The zero-order chi connectivity index (χ0) is 10.7. The SMILES string of the molecule is NCc1c(Br)cccc1N1CCCCC1. The Kier molecular flexibility index (Phi) is 3.65. The molecule has 1 aliphatic rings. The van der Waals surface area contributed by atoms with Crippen molar-refractivity contribution in [3.8, 4) is 0 Å². The highest BCUT2D eigenvalue weighted by molar-refractivity contribution is 9.10. The van der Waals surface area contributed by atoms with Crippen LogP contribution < -0.4 is 10.6 Å². The minimum atomic E-state index is 0.604. The number of halogens is 1. The van der Waals surface area contributed by atoms with Crippen LogP contribution in [0.4, 0.5) is 5.69 Å². The van der Waals surface area contributed by atoms with Gasteiger partial charge in [-0.3, -0.25) is 0 Å². The zero-order valence-corrected chi connectivity index (χ0v) is 10.5. The minimum Gasteiger partial charge on any atom is -0.371 e. The first kappa shape index (κ1) is 11.0. The van der Waals surface area contributed by atoms with Gasteiger partial charge in [0.2, 0.25) is 0 Å². The summed E-state index contributed by atoms with van der Waals surface area (Å²) >= 11 is 3.57. The molecule has 2 N–H and O–H groups in total. The van der Waals surface area contributed by atoms with Crippen LogP contribution in [0.25, 0.3) is 0 Å². The largest absolute Gasteiger partial charge is 0.371 e. The number of benzene rings is 1. The number of anilines is 1. The second-order valence-corrected chi connectivity index (χ2v) is 4.84. The van der Waals surface area contributed by atoms with Crippen LogP contribution in [0.1, 0.15) is 24.8 Å². The van der Waals surface area contributed by atoms with E-state index < -0.39 is 0 Å². The molecular weight excluding hydrogens is 252 g/mol. The second-order valence-electron chi connectivity index (χ2n) is 3.99. The minimum absolute atomic E-state index is 0.604. The fraction of sp³-hybridized carbons (Fsp3) is 0.500. The number of rotatable bonds is 2. The van der Waals surface area contributed by atoms with Crippen LogP contribution in [0.15, 0.2) is 22.7 Å². The van der Waals surface area contributed by atoms with Crippen LogP contribution in [-0.4, -0.2) is 13.1 Å². The topological polar surface area (TPSA) is 29.3 Å². The van der Waals surface area contributed by atoms with Gasteiger partial charge in [0.15, 0.2) is 0 Å². The zero-order valence-electron chi connectivity index (χ0n) is 8.88. The van der Waals surface area contributed by atoms with Gasteiger partial charge in [0.25, 0.3) is 0 Å². The molecule has 0 bridgehead atoms. The third-order valence-electron chi connectivity index (χ3n) is 3.00. The molecule has 1 saturated heterocycles. The average molecular weight is 269 g/mol. The molecular formula is C12H17BrN2. The highest BCUT2D eigenvalue weighted by atomic mass is 79.9. The van der Waals surface area contributed by atoms with E-state index in [1.807, 2.05) is 0 Å². The molecule has 1 fully saturated rings. The fourth-order valence-corrected chi connectivity index (χ4v) is 2.70. The van der Waals surface area contributed by atoms with Gasteiger partial charge < -0.3 is 10.6 Å². The molecule has 0 saturated carbocycles. The van der Waals surface area contributed by atoms with Crippen molar-refractivity contribution < 1.29 is 0 Å². The lowest BCUT2D eigenvalue weighted by Crippen LogP contribution is -2.30. The van der Waals surface area contributed by atoms with Gasteiger partial charge in [-0.1, -0.05) is 22.0 Å². The van der Waals surface area contributed by atoms with Crippen LogP contribution >= 0.6 is 15.9 Å². The van der Waals surface area contributed by atoms with Crippen molar-refractivity contribution in [2.24, 2.45) is 5.73 Å². The third kappa shape index (κ3) is 2.34. The molecule has 15 heavy (non-hydrogen) atoms. The van der Waals surface area contributed by atoms with Crippen molar-refractivity contribution >= 4 is 21.6 Å². The lowest BCUT2D eigenvalue weighted by atomic mass is 10.1. The van der Waals surface area contributed by atoms with Gasteiger partial charge in [0.05, 0.1) is 0 Å². The van der Waals surface area contributed by atoms with E-state index in [9.17, 15) is 0 Å². The molecule has 0 aliphatic carbocycles. The van der Waals surface area contributed by atoms with E-state index in [1.54, 1.807) is 0 Å². The Bertz CT molecular complexity index is 332. The lowest BCUT2D eigenvalue weighted by molar-refractivity contribution is 0.576. The van der Waals surface area contributed by atoms with Crippen LogP contribution in [0, 0.1) is 0 Å². The summed E-state index contributed by atoms with van der Waals surface area (Å²) in [5, 5.41) is 0. The Labute approximate surface area is 99.6 Å². The van der Waals surface area contributed by atoms with Gasteiger partial charge in [-0.2, -0.15) is 0 Å². The molecule has 0 atom stereocenters. The molecule has 1 aliphatic heterocycles. The summed E-state index contributed by atoms with van der Waals surface area (Å²) in [5.74, 6) is 0. The van der Waals surface area contributed by atoms with Crippen LogP contribution in [-0.2, 0) is 6.54 Å². The number of nitrogens with zero attached hydrogens (tertiary/aromatic N) is 1. The smallest absolute Gasteiger partial charge is 0.0423 e. The van der Waals surface area contributed by atoms with Crippen molar-refractivity contribution in [2.45, 2.75) is 25.8 Å². The normalized spacial score (nSPS) is 16.8. The summed E-state index contributed by atoms with van der Waals surface area (Å²) in [4.78, 5) is 2.45. The second kappa shape index (κ2) is 4.99. The molecule has 1 aromatic carbocycles. The molecule has 0 radical (unpaired) electrons. The maximum absolute atomic E-state index is 5.80. The first-order chi connectivity index (χ1) is 7.33. The standard InChI is InChI=1S/C12H17BrN2/c13-11-5-4-6-12(10(11)9-14)15-7-2-1-3-8-15/h4-6H,1-3,7-9,14H2. The molecule has 2 rings (SSSR count). The van der Waals surface area contributed by atoms with Gasteiger partial charge in [0.1, 0.15) is 0 Å². The van der Waals surface area contributed by atoms with Crippen molar-refractivity contribution in [3.05, 3.63) is 28.2 Å². The van der Waals surface area contributed by atoms with Crippen LogP contribution in [0.5, 0.6) is 0 Å². The molecule has 0 unspecified atom stereocenters. The van der Waals surface area contributed by atoms with Gasteiger partial charge >= 0.3 is 0 Å². The molecule has 1 heterocycles. The van der Waals surface area contributed by atoms with E-state index in [1.165, 1.54) is 43.6 Å².